The number of pyridine rings is 1. The molecule has 0 aliphatic carbocycles. The second-order valence-electron chi connectivity index (χ2n) is 6.26. The number of benzene rings is 2. The minimum atomic E-state index is -0.546. The monoisotopic (exact) mass is 393 g/mol. The van der Waals surface area contributed by atoms with Crippen LogP contribution in [0, 0.1) is 5.82 Å². The maximum Gasteiger partial charge on any atom is 0.261 e. The van der Waals surface area contributed by atoms with Crippen LogP contribution in [0.5, 0.6) is 0 Å². The molecule has 4 aromatic rings. The molecule has 2 aromatic heterocycles. The Bertz CT molecular complexity index is 1200. The van der Waals surface area contributed by atoms with Crippen molar-refractivity contribution in [3.05, 3.63) is 87.4 Å². The molecule has 0 unspecified atom stereocenters. The Morgan fingerprint density at radius 1 is 1.14 bits per heavy atom. The molecule has 2 N–H and O–H groups in total. The second-order valence-corrected chi connectivity index (χ2v) is 7.12. The highest BCUT2D eigenvalue weighted by molar-refractivity contribution is 7.13. The van der Waals surface area contributed by atoms with Gasteiger partial charge in [0.15, 0.2) is 0 Å². The standard InChI is InChI=1S/C21H16FN3O2S/c22-15-7-6-14-10-17(20(27)25-18(14)11-15)19(26)23-9-8-16-12-28-21(24-16)13-4-2-1-3-5-13/h1-7,10-12H,8-9H2,(H,23,26)(H,25,27). The van der Waals surface area contributed by atoms with Crippen molar-refractivity contribution in [2.75, 3.05) is 6.54 Å². The van der Waals surface area contributed by atoms with E-state index in [1.54, 1.807) is 11.3 Å². The van der Waals surface area contributed by atoms with Crippen molar-refractivity contribution in [2.45, 2.75) is 6.42 Å². The van der Waals surface area contributed by atoms with Gasteiger partial charge in [0.25, 0.3) is 11.5 Å². The van der Waals surface area contributed by atoms with E-state index in [1.165, 1.54) is 24.3 Å². The number of rotatable bonds is 5. The number of nitrogens with one attached hydrogen (secondary N) is 2. The Labute approximate surface area is 163 Å². The van der Waals surface area contributed by atoms with Crippen LogP contribution in [0.15, 0.2) is 64.8 Å². The van der Waals surface area contributed by atoms with Crippen molar-refractivity contribution in [1.82, 2.24) is 15.3 Å². The molecule has 0 aliphatic heterocycles. The molecule has 7 heteroatoms. The van der Waals surface area contributed by atoms with Crippen LogP contribution < -0.4 is 10.9 Å². The zero-order valence-electron chi connectivity index (χ0n) is 14.7. The van der Waals surface area contributed by atoms with E-state index in [2.05, 4.69) is 15.3 Å². The first-order chi connectivity index (χ1) is 13.6. The van der Waals surface area contributed by atoms with Crippen molar-refractivity contribution in [1.29, 1.82) is 0 Å². The Morgan fingerprint density at radius 2 is 1.96 bits per heavy atom. The molecule has 0 radical (unpaired) electrons. The van der Waals surface area contributed by atoms with Gasteiger partial charge in [0.1, 0.15) is 16.4 Å². The average molecular weight is 393 g/mol. The summed E-state index contributed by atoms with van der Waals surface area (Å²) in [4.78, 5) is 31.6. The SMILES string of the molecule is O=C(NCCc1csc(-c2ccccc2)n1)c1cc2ccc(F)cc2[nH]c1=O. The summed E-state index contributed by atoms with van der Waals surface area (Å²) in [6, 6.07) is 15.4. The van der Waals surface area contributed by atoms with Gasteiger partial charge in [-0.05, 0) is 29.7 Å². The fourth-order valence-corrected chi connectivity index (χ4v) is 3.74. The Kier molecular flexibility index (Phi) is 4.99. The average Bonchev–Trinajstić information content (AvgIpc) is 3.17. The predicted molar refractivity (Wildman–Crippen MR) is 108 cm³/mol. The quantitative estimate of drug-likeness (QED) is 0.542. The Balaban J connectivity index is 1.42. The zero-order chi connectivity index (χ0) is 19.5. The summed E-state index contributed by atoms with van der Waals surface area (Å²) in [5.74, 6) is -0.913. The van der Waals surface area contributed by atoms with Gasteiger partial charge in [-0.2, -0.15) is 0 Å². The first-order valence-corrected chi connectivity index (χ1v) is 9.59. The number of carbonyl (C=O) groups is 1. The van der Waals surface area contributed by atoms with Gasteiger partial charge in [0.05, 0.1) is 11.2 Å². The van der Waals surface area contributed by atoms with Crippen LogP contribution in [0.3, 0.4) is 0 Å². The van der Waals surface area contributed by atoms with Crippen LogP contribution in [0.2, 0.25) is 0 Å². The first kappa shape index (κ1) is 18.1. The molecule has 28 heavy (non-hydrogen) atoms. The lowest BCUT2D eigenvalue weighted by Crippen LogP contribution is -2.31. The molecule has 0 saturated carbocycles. The third-order valence-corrected chi connectivity index (χ3v) is 5.23. The molecule has 4 rings (SSSR count). The fraction of sp³-hybridized carbons (Fsp3) is 0.0952. The molecule has 0 bridgehead atoms. The number of carbonyl (C=O) groups excluding carboxylic acids is 1. The summed E-state index contributed by atoms with van der Waals surface area (Å²) in [7, 11) is 0. The molecule has 0 fully saturated rings. The van der Waals surface area contributed by atoms with Gasteiger partial charge in [-0.25, -0.2) is 9.37 Å². The number of thiazole rings is 1. The maximum absolute atomic E-state index is 13.3. The van der Waals surface area contributed by atoms with Crippen LogP contribution in [0.1, 0.15) is 16.1 Å². The molecule has 2 aromatic carbocycles. The van der Waals surface area contributed by atoms with E-state index in [9.17, 15) is 14.0 Å². The third-order valence-electron chi connectivity index (χ3n) is 4.29. The highest BCUT2D eigenvalue weighted by Gasteiger charge is 2.12. The smallest absolute Gasteiger partial charge is 0.261 e. The number of amides is 1. The van der Waals surface area contributed by atoms with Crippen molar-refractivity contribution < 1.29 is 9.18 Å². The lowest BCUT2D eigenvalue weighted by Gasteiger charge is -2.05. The van der Waals surface area contributed by atoms with Crippen molar-refractivity contribution in [2.24, 2.45) is 0 Å². The summed E-state index contributed by atoms with van der Waals surface area (Å²) in [6.45, 7) is 0.359. The molecule has 0 atom stereocenters. The van der Waals surface area contributed by atoms with Gasteiger partial charge in [0, 0.05) is 23.9 Å². The van der Waals surface area contributed by atoms with Gasteiger partial charge in [-0.1, -0.05) is 30.3 Å². The highest BCUT2D eigenvalue weighted by Crippen LogP contribution is 2.23. The molecule has 140 valence electrons. The number of hydrogen-bond donors (Lipinski definition) is 2. The van der Waals surface area contributed by atoms with E-state index in [1.807, 2.05) is 35.7 Å². The predicted octanol–water partition coefficient (Wildman–Crippen LogP) is 3.76. The Morgan fingerprint density at radius 3 is 2.79 bits per heavy atom. The van der Waals surface area contributed by atoms with Crippen LogP contribution >= 0.6 is 11.3 Å². The highest BCUT2D eigenvalue weighted by atomic mass is 32.1. The van der Waals surface area contributed by atoms with E-state index in [0.717, 1.165) is 16.3 Å². The summed E-state index contributed by atoms with van der Waals surface area (Å²) in [5, 5.41) is 6.24. The van der Waals surface area contributed by atoms with E-state index in [0.29, 0.717) is 23.9 Å². The van der Waals surface area contributed by atoms with Crippen LogP contribution in [0.25, 0.3) is 21.5 Å². The number of aromatic nitrogens is 2. The molecule has 2 heterocycles. The molecule has 1 amide bonds. The zero-order valence-corrected chi connectivity index (χ0v) is 15.6. The Hall–Kier alpha value is -3.32. The van der Waals surface area contributed by atoms with Gasteiger partial charge in [-0.15, -0.1) is 11.3 Å². The van der Waals surface area contributed by atoms with E-state index in [-0.39, 0.29) is 5.56 Å². The minimum Gasteiger partial charge on any atom is -0.351 e. The number of fused-ring (bicyclic) bond motifs is 1. The summed E-state index contributed by atoms with van der Waals surface area (Å²) in [5.41, 5.74) is 1.75. The number of hydrogen-bond acceptors (Lipinski definition) is 4. The van der Waals surface area contributed by atoms with Crippen LogP contribution in [-0.4, -0.2) is 22.4 Å². The lowest BCUT2D eigenvalue weighted by molar-refractivity contribution is 0.0952. The van der Waals surface area contributed by atoms with Gasteiger partial charge in [0.2, 0.25) is 0 Å². The maximum atomic E-state index is 13.3. The topological polar surface area (TPSA) is 74.8 Å². The summed E-state index contributed by atoms with van der Waals surface area (Å²) in [6.07, 6.45) is 0.561. The van der Waals surface area contributed by atoms with Crippen LogP contribution in [-0.2, 0) is 6.42 Å². The first-order valence-electron chi connectivity index (χ1n) is 8.71. The molecule has 0 spiro atoms. The van der Waals surface area contributed by atoms with Gasteiger partial charge >= 0.3 is 0 Å². The van der Waals surface area contributed by atoms with Gasteiger partial charge < -0.3 is 10.3 Å². The van der Waals surface area contributed by atoms with E-state index >= 15 is 0 Å². The number of aromatic amines is 1. The summed E-state index contributed by atoms with van der Waals surface area (Å²) >= 11 is 1.55. The third kappa shape index (κ3) is 3.84. The summed E-state index contributed by atoms with van der Waals surface area (Å²) < 4.78 is 13.3. The molecule has 5 nitrogen and oxygen atoms in total. The fourth-order valence-electron chi connectivity index (χ4n) is 2.88. The minimum absolute atomic E-state index is 0.00219. The molecular weight excluding hydrogens is 377 g/mol. The number of halogens is 1. The molecular formula is C21H16FN3O2S. The van der Waals surface area contributed by atoms with Crippen LogP contribution in [0.4, 0.5) is 4.39 Å². The van der Waals surface area contributed by atoms with E-state index in [4.69, 9.17) is 0 Å². The second kappa shape index (κ2) is 7.74. The van der Waals surface area contributed by atoms with Gasteiger partial charge in [-0.3, -0.25) is 9.59 Å². The lowest BCUT2D eigenvalue weighted by atomic mass is 10.1. The number of H-pyrrole nitrogens is 1. The largest absolute Gasteiger partial charge is 0.351 e. The normalized spacial score (nSPS) is 10.9. The molecule has 0 saturated heterocycles. The number of nitrogens with zero attached hydrogens (tertiary/aromatic N) is 1. The van der Waals surface area contributed by atoms with Crippen molar-refractivity contribution >= 4 is 28.1 Å². The van der Waals surface area contributed by atoms with Crippen molar-refractivity contribution in [3.8, 4) is 10.6 Å². The van der Waals surface area contributed by atoms with E-state index < -0.39 is 17.3 Å². The molecule has 0 aliphatic rings. The van der Waals surface area contributed by atoms with Crippen molar-refractivity contribution in [3.63, 3.8) is 0 Å².